The van der Waals surface area contributed by atoms with E-state index in [9.17, 15) is 4.39 Å². The topological polar surface area (TPSA) is 12.0 Å². The van der Waals surface area contributed by atoms with Crippen LogP contribution >= 0.6 is 0 Å². The molecule has 1 unspecified atom stereocenters. The molecule has 1 aromatic carbocycles. The number of benzene rings is 1. The Hall–Kier alpha value is -0.890. The summed E-state index contributed by atoms with van der Waals surface area (Å²) in [6.07, 6.45) is 3.18. The van der Waals surface area contributed by atoms with Crippen molar-refractivity contribution in [2.24, 2.45) is 0 Å². The van der Waals surface area contributed by atoms with Crippen LogP contribution in [0.15, 0.2) is 24.3 Å². The highest BCUT2D eigenvalue weighted by molar-refractivity contribution is 5.27. The number of hydrogen-bond donors (Lipinski definition) is 1. The molecule has 1 saturated heterocycles. The van der Waals surface area contributed by atoms with Gasteiger partial charge < -0.3 is 5.32 Å². The highest BCUT2D eigenvalue weighted by atomic mass is 19.1. The van der Waals surface area contributed by atoms with Crippen LogP contribution in [-0.4, -0.2) is 13.1 Å². The summed E-state index contributed by atoms with van der Waals surface area (Å²) >= 11 is 0. The normalized spacial score (nSPS) is 26.4. The average Bonchev–Trinajstić information content (AvgIpc) is 2.55. The highest BCUT2D eigenvalue weighted by Gasteiger charge is 2.32. The number of alkyl halides is 1. The van der Waals surface area contributed by atoms with E-state index in [2.05, 4.69) is 24.4 Å². The molecule has 1 aliphatic rings. The van der Waals surface area contributed by atoms with E-state index in [1.807, 2.05) is 12.1 Å². The van der Waals surface area contributed by atoms with Crippen LogP contribution in [0.2, 0.25) is 0 Å². The lowest BCUT2D eigenvalue weighted by atomic mass is 9.88. The SMILES string of the molecule is CCc1ccc(C2(F)CCCNCC2)cc1. The molecule has 88 valence electrons. The summed E-state index contributed by atoms with van der Waals surface area (Å²) in [5.74, 6) is 0. The van der Waals surface area contributed by atoms with Crippen LogP contribution in [0.3, 0.4) is 0 Å². The smallest absolute Gasteiger partial charge is 0.137 e. The van der Waals surface area contributed by atoms with E-state index >= 15 is 0 Å². The number of halogens is 1. The summed E-state index contributed by atoms with van der Waals surface area (Å²) in [6, 6.07) is 8.03. The fraction of sp³-hybridized carbons (Fsp3) is 0.571. The van der Waals surface area contributed by atoms with Crippen molar-refractivity contribution in [1.82, 2.24) is 5.32 Å². The lowest BCUT2D eigenvalue weighted by Gasteiger charge is -2.24. The van der Waals surface area contributed by atoms with Crippen molar-refractivity contribution in [2.75, 3.05) is 13.1 Å². The summed E-state index contributed by atoms with van der Waals surface area (Å²) < 4.78 is 14.8. The lowest BCUT2D eigenvalue weighted by Crippen LogP contribution is -2.22. The van der Waals surface area contributed by atoms with E-state index in [0.29, 0.717) is 12.8 Å². The third-order valence-corrected chi connectivity index (χ3v) is 3.50. The van der Waals surface area contributed by atoms with Crippen LogP contribution in [0.5, 0.6) is 0 Å². The summed E-state index contributed by atoms with van der Waals surface area (Å²) in [4.78, 5) is 0. The summed E-state index contributed by atoms with van der Waals surface area (Å²) in [6.45, 7) is 3.85. The van der Waals surface area contributed by atoms with Crippen LogP contribution in [0, 0.1) is 0 Å². The molecule has 0 radical (unpaired) electrons. The summed E-state index contributed by atoms with van der Waals surface area (Å²) in [5, 5.41) is 3.25. The monoisotopic (exact) mass is 221 g/mol. The van der Waals surface area contributed by atoms with E-state index in [4.69, 9.17) is 0 Å². The maximum atomic E-state index is 14.8. The van der Waals surface area contributed by atoms with Crippen molar-refractivity contribution in [3.05, 3.63) is 35.4 Å². The number of aryl methyl sites for hydroxylation is 1. The molecule has 16 heavy (non-hydrogen) atoms. The van der Waals surface area contributed by atoms with Gasteiger partial charge in [0.25, 0.3) is 0 Å². The molecule has 1 nitrogen and oxygen atoms in total. The van der Waals surface area contributed by atoms with Crippen LogP contribution in [-0.2, 0) is 12.1 Å². The molecule has 1 heterocycles. The van der Waals surface area contributed by atoms with E-state index in [1.165, 1.54) is 5.56 Å². The zero-order valence-electron chi connectivity index (χ0n) is 9.93. The average molecular weight is 221 g/mol. The predicted octanol–water partition coefficient (Wildman–Crippen LogP) is 3.19. The fourth-order valence-corrected chi connectivity index (χ4v) is 2.36. The second-order valence-corrected chi connectivity index (χ2v) is 4.62. The van der Waals surface area contributed by atoms with E-state index in [1.54, 1.807) is 0 Å². The van der Waals surface area contributed by atoms with Crippen LogP contribution in [0.25, 0.3) is 0 Å². The molecule has 2 heteroatoms. The van der Waals surface area contributed by atoms with Gasteiger partial charge in [0.1, 0.15) is 5.67 Å². The zero-order chi connectivity index (χ0) is 11.4. The Morgan fingerprint density at radius 1 is 1.19 bits per heavy atom. The van der Waals surface area contributed by atoms with Crippen molar-refractivity contribution in [1.29, 1.82) is 0 Å². The molecular formula is C14H20FN. The molecular weight excluding hydrogens is 201 g/mol. The molecule has 1 fully saturated rings. The molecule has 0 aliphatic carbocycles. The van der Waals surface area contributed by atoms with Gasteiger partial charge in [-0.1, -0.05) is 31.2 Å². The van der Waals surface area contributed by atoms with E-state index in [-0.39, 0.29) is 0 Å². The predicted molar refractivity (Wildman–Crippen MR) is 65.3 cm³/mol. The quantitative estimate of drug-likeness (QED) is 0.808. The molecule has 0 amide bonds. The van der Waals surface area contributed by atoms with Gasteiger partial charge in [0.15, 0.2) is 0 Å². The van der Waals surface area contributed by atoms with Crippen molar-refractivity contribution in [3.63, 3.8) is 0 Å². The first kappa shape index (κ1) is 11.6. The summed E-state index contributed by atoms with van der Waals surface area (Å²) in [5.41, 5.74) is 1.02. The second kappa shape index (κ2) is 4.96. The maximum absolute atomic E-state index is 14.8. The van der Waals surface area contributed by atoms with Gasteiger partial charge in [0.2, 0.25) is 0 Å². The Labute approximate surface area is 97.1 Å². The van der Waals surface area contributed by atoms with Gasteiger partial charge in [-0.15, -0.1) is 0 Å². The molecule has 1 aliphatic heterocycles. The van der Waals surface area contributed by atoms with Gasteiger partial charge in [-0.25, -0.2) is 4.39 Å². The third kappa shape index (κ3) is 2.43. The van der Waals surface area contributed by atoms with Crippen LogP contribution in [0.1, 0.15) is 37.3 Å². The first-order valence-electron chi connectivity index (χ1n) is 6.24. The minimum absolute atomic E-state index is 0.596. The zero-order valence-corrected chi connectivity index (χ0v) is 9.93. The first-order valence-corrected chi connectivity index (χ1v) is 6.24. The maximum Gasteiger partial charge on any atom is 0.137 e. The second-order valence-electron chi connectivity index (χ2n) is 4.62. The van der Waals surface area contributed by atoms with Gasteiger partial charge >= 0.3 is 0 Å². The van der Waals surface area contributed by atoms with Gasteiger partial charge in [-0.3, -0.25) is 0 Å². The largest absolute Gasteiger partial charge is 0.317 e. The Morgan fingerprint density at radius 3 is 2.62 bits per heavy atom. The molecule has 0 saturated carbocycles. The number of rotatable bonds is 2. The number of nitrogens with one attached hydrogen (secondary N) is 1. The van der Waals surface area contributed by atoms with Crippen molar-refractivity contribution < 1.29 is 4.39 Å². The van der Waals surface area contributed by atoms with E-state index in [0.717, 1.165) is 31.5 Å². The summed E-state index contributed by atoms with van der Waals surface area (Å²) in [7, 11) is 0. The van der Waals surface area contributed by atoms with Gasteiger partial charge in [0, 0.05) is 0 Å². The molecule has 0 aromatic heterocycles. The Morgan fingerprint density at radius 2 is 1.94 bits per heavy atom. The highest BCUT2D eigenvalue weighted by Crippen LogP contribution is 2.35. The first-order chi connectivity index (χ1) is 7.74. The fourth-order valence-electron chi connectivity index (χ4n) is 2.36. The molecule has 0 spiro atoms. The van der Waals surface area contributed by atoms with Gasteiger partial charge in [-0.05, 0) is 49.9 Å². The Balaban J connectivity index is 2.19. The van der Waals surface area contributed by atoms with Crippen LogP contribution in [0.4, 0.5) is 4.39 Å². The van der Waals surface area contributed by atoms with Crippen molar-refractivity contribution in [3.8, 4) is 0 Å². The molecule has 1 N–H and O–H groups in total. The molecule has 2 rings (SSSR count). The standard InChI is InChI=1S/C14H20FN/c1-2-12-4-6-13(7-5-12)14(15)8-3-10-16-11-9-14/h4-7,16H,2-3,8-11H2,1H3. The van der Waals surface area contributed by atoms with Crippen molar-refractivity contribution in [2.45, 2.75) is 38.3 Å². The van der Waals surface area contributed by atoms with Crippen LogP contribution < -0.4 is 5.32 Å². The van der Waals surface area contributed by atoms with Crippen molar-refractivity contribution >= 4 is 0 Å². The minimum Gasteiger partial charge on any atom is -0.317 e. The van der Waals surface area contributed by atoms with E-state index < -0.39 is 5.67 Å². The minimum atomic E-state index is -1.12. The molecule has 0 bridgehead atoms. The lowest BCUT2D eigenvalue weighted by molar-refractivity contribution is 0.145. The van der Waals surface area contributed by atoms with Gasteiger partial charge in [-0.2, -0.15) is 0 Å². The number of hydrogen-bond acceptors (Lipinski definition) is 1. The Bertz CT molecular complexity index is 323. The van der Waals surface area contributed by atoms with Gasteiger partial charge in [0.05, 0.1) is 0 Å². The Kier molecular flexibility index (Phi) is 3.59. The molecule has 1 aromatic rings. The third-order valence-electron chi connectivity index (χ3n) is 3.50. The molecule has 1 atom stereocenters.